The Morgan fingerprint density at radius 2 is 1.90 bits per heavy atom. The molecular weight excluding hydrogens is 271 g/mol. The summed E-state index contributed by atoms with van der Waals surface area (Å²) in [5, 5.41) is 3.26. The lowest BCUT2D eigenvalue weighted by molar-refractivity contribution is 0.0735. The van der Waals surface area contributed by atoms with E-state index >= 15 is 0 Å². The van der Waals surface area contributed by atoms with Gasteiger partial charge in [-0.3, -0.25) is 4.79 Å². The maximum Gasteiger partial charge on any atom is 0.289 e. The van der Waals surface area contributed by atoms with Gasteiger partial charge < -0.3 is 14.6 Å². The number of nitrogens with zero attached hydrogens (tertiary/aromatic N) is 1. The molecular formula is C16H17FN2O2. The molecule has 1 aliphatic rings. The van der Waals surface area contributed by atoms with Crippen LogP contribution in [0.5, 0.6) is 0 Å². The zero-order valence-corrected chi connectivity index (χ0v) is 11.6. The quantitative estimate of drug-likeness (QED) is 0.923. The summed E-state index contributed by atoms with van der Waals surface area (Å²) in [5.41, 5.74) is 0.757. The molecule has 4 nitrogen and oxygen atoms in total. The summed E-state index contributed by atoms with van der Waals surface area (Å²) in [6, 6.07) is 9.45. The van der Waals surface area contributed by atoms with Crippen LogP contribution >= 0.6 is 0 Å². The maximum absolute atomic E-state index is 12.9. The molecule has 1 aliphatic heterocycles. The van der Waals surface area contributed by atoms with E-state index in [1.165, 1.54) is 12.1 Å². The molecule has 0 spiro atoms. The summed E-state index contributed by atoms with van der Waals surface area (Å²) in [6.07, 6.45) is 0.942. The first-order chi connectivity index (χ1) is 10.2. The Hall–Kier alpha value is -2.14. The molecule has 1 aromatic heterocycles. The molecule has 2 aromatic rings. The van der Waals surface area contributed by atoms with Gasteiger partial charge in [-0.15, -0.1) is 0 Å². The molecule has 3 rings (SSSR count). The third kappa shape index (κ3) is 3.13. The number of carbonyl (C=O) groups excluding carboxylic acids is 1. The van der Waals surface area contributed by atoms with Gasteiger partial charge in [0.05, 0.1) is 0 Å². The van der Waals surface area contributed by atoms with Gasteiger partial charge in [-0.2, -0.15) is 0 Å². The van der Waals surface area contributed by atoms with Gasteiger partial charge in [0.15, 0.2) is 5.76 Å². The number of carbonyl (C=O) groups is 1. The minimum absolute atomic E-state index is 0.0907. The standard InChI is InChI=1S/C16H17FN2O2/c17-13-4-2-12(3-5-13)14-6-7-15(21-14)16(20)19-10-1-8-18-9-11-19/h2-7,18H,1,8-11H2. The van der Waals surface area contributed by atoms with E-state index in [4.69, 9.17) is 4.42 Å². The molecule has 1 aromatic carbocycles. The summed E-state index contributed by atoms with van der Waals surface area (Å²) >= 11 is 0. The van der Waals surface area contributed by atoms with Crippen LogP contribution in [0.3, 0.4) is 0 Å². The van der Waals surface area contributed by atoms with Crippen LogP contribution in [-0.4, -0.2) is 37.0 Å². The van der Waals surface area contributed by atoms with E-state index in [2.05, 4.69) is 5.32 Å². The Kier molecular flexibility index (Phi) is 4.01. The van der Waals surface area contributed by atoms with E-state index in [0.717, 1.165) is 31.6 Å². The first-order valence-electron chi connectivity index (χ1n) is 7.10. The normalized spacial score (nSPS) is 15.8. The predicted octanol–water partition coefficient (Wildman–Crippen LogP) is 2.52. The SMILES string of the molecule is O=C(c1ccc(-c2ccc(F)cc2)o1)N1CCCNCC1. The Balaban J connectivity index is 1.77. The van der Waals surface area contributed by atoms with Crippen molar-refractivity contribution in [2.24, 2.45) is 0 Å². The number of amides is 1. The minimum Gasteiger partial charge on any atom is -0.451 e. The van der Waals surface area contributed by atoms with Gasteiger partial charge in [0.2, 0.25) is 0 Å². The van der Waals surface area contributed by atoms with Gasteiger partial charge in [0, 0.05) is 25.2 Å². The van der Waals surface area contributed by atoms with Crippen molar-refractivity contribution < 1.29 is 13.6 Å². The maximum atomic E-state index is 12.9. The summed E-state index contributed by atoms with van der Waals surface area (Å²) in [6.45, 7) is 3.16. The first kappa shape index (κ1) is 13.8. The van der Waals surface area contributed by atoms with Gasteiger partial charge in [-0.05, 0) is 49.4 Å². The number of halogens is 1. The summed E-state index contributed by atoms with van der Waals surface area (Å²) in [5.74, 6) is 0.522. The monoisotopic (exact) mass is 288 g/mol. The zero-order valence-electron chi connectivity index (χ0n) is 11.6. The molecule has 2 heterocycles. The van der Waals surface area contributed by atoms with Crippen molar-refractivity contribution in [2.75, 3.05) is 26.2 Å². The van der Waals surface area contributed by atoms with E-state index in [9.17, 15) is 9.18 Å². The molecule has 1 fully saturated rings. The Bertz CT molecular complexity index is 613. The molecule has 1 amide bonds. The number of hydrogen-bond acceptors (Lipinski definition) is 3. The lowest BCUT2D eigenvalue weighted by Crippen LogP contribution is -2.33. The molecule has 1 saturated heterocycles. The minimum atomic E-state index is -0.293. The van der Waals surface area contributed by atoms with Crippen LogP contribution in [0.4, 0.5) is 4.39 Å². The molecule has 0 aliphatic carbocycles. The highest BCUT2D eigenvalue weighted by atomic mass is 19.1. The average molecular weight is 288 g/mol. The van der Waals surface area contributed by atoms with Crippen molar-refractivity contribution in [2.45, 2.75) is 6.42 Å². The van der Waals surface area contributed by atoms with Crippen LogP contribution in [0.1, 0.15) is 17.0 Å². The van der Waals surface area contributed by atoms with Crippen LogP contribution in [0.25, 0.3) is 11.3 Å². The molecule has 5 heteroatoms. The highest BCUT2D eigenvalue weighted by molar-refractivity contribution is 5.92. The molecule has 0 saturated carbocycles. The van der Waals surface area contributed by atoms with Gasteiger partial charge in [0.1, 0.15) is 11.6 Å². The van der Waals surface area contributed by atoms with Crippen molar-refractivity contribution in [3.05, 3.63) is 48.0 Å². The molecule has 21 heavy (non-hydrogen) atoms. The van der Waals surface area contributed by atoms with Crippen LogP contribution in [0, 0.1) is 5.82 Å². The molecule has 0 bridgehead atoms. The van der Waals surface area contributed by atoms with Gasteiger partial charge >= 0.3 is 0 Å². The van der Waals surface area contributed by atoms with Crippen LogP contribution < -0.4 is 5.32 Å². The van der Waals surface area contributed by atoms with Crippen LogP contribution in [-0.2, 0) is 0 Å². The van der Waals surface area contributed by atoms with Crippen molar-refractivity contribution in [3.8, 4) is 11.3 Å². The summed E-state index contributed by atoms with van der Waals surface area (Å²) in [4.78, 5) is 14.2. The lowest BCUT2D eigenvalue weighted by Gasteiger charge is -2.18. The fourth-order valence-corrected chi connectivity index (χ4v) is 2.43. The van der Waals surface area contributed by atoms with E-state index in [-0.39, 0.29) is 11.7 Å². The smallest absolute Gasteiger partial charge is 0.289 e. The van der Waals surface area contributed by atoms with Crippen molar-refractivity contribution in [1.29, 1.82) is 0 Å². The number of furan rings is 1. The fourth-order valence-electron chi connectivity index (χ4n) is 2.43. The molecule has 0 atom stereocenters. The third-order valence-electron chi connectivity index (χ3n) is 3.57. The number of rotatable bonds is 2. The van der Waals surface area contributed by atoms with Crippen LogP contribution in [0.2, 0.25) is 0 Å². The number of hydrogen-bond donors (Lipinski definition) is 1. The van der Waals surface area contributed by atoms with Crippen molar-refractivity contribution >= 4 is 5.91 Å². The molecule has 0 radical (unpaired) electrons. The van der Waals surface area contributed by atoms with Crippen molar-refractivity contribution in [1.82, 2.24) is 10.2 Å². The second kappa shape index (κ2) is 6.10. The second-order valence-electron chi connectivity index (χ2n) is 5.07. The average Bonchev–Trinajstić information content (AvgIpc) is 2.83. The molecule has 110 valence electrons. The topological polar surface area (TPSA) is 45.5 Å². The molecule has 1 N–H and O–H groups in total. The first-order valence-corrected chi connectivity index (χ1v) is 7.10. The Morgan fingerprint density at radius 3 is 2.71 bits per heavy atom. The summed E-state index contributed by atoms with van der Waals surface area (Å²) < 4.78 is 18.6. The lowest BCUT2D eigenvalue weighted by atomic mass is 10.2. The highest BCUT2D eigenvalue weighted by Gasteiger charge is 2.20. The van der Waals surface area contributed by atoms with Gasteiger partial charge in [0.25, 0.3) is 5.91 Å². The second-order valence-corrected chi connectivity index (χ2v) is 5.07. The fraction of sp³-hybridized carbons (Fsp3) is 0.312. The number of nitrogens with one attached hydrogen (secondary N) is 1. The van der Waals surface area contributed by atoms with Gasteiger partial charge in [-0.1, -0.05) is 0 Å². The van der Waals surface area contributed by atoms with Gasteiger partial charge in [-0.25, -0.2) is 4.39 Å². The van der Waals surface area contributed by atoms with E-state index in [1.54, 1.807) is 29.2 Å². The van der Waals surface area contributed by atoms with Crippen molar-refractivity contribution in [3.63, 3.8) is 0 Å². The predicted molar refractivity (Wildman–Crippen MR) is 77.5 cm³/mol. The number of benzene rings is 1. The van der Waals surface area contributed by atoms with Crippen LogP contribution in [0.15, 0.2) is 40.8 Å². The van der Waals surface area contributed by atoms with E-state index in [0.29, 0.717) is 18.1 Å². The third-order valence-corrected chi connectivity index (χ3v) is 3.57. The largest absolute Gasteiger partial charge is 0.451 e. The highest BCUT2D eigenvalue weighted by Crippen LogP contribution is 2.23. The zero-order chi connectivity index (χ0) is 14.7. The Morgan fingerprint density at radius 1 is 1.10 bits per heavy atom. The van der Waals surface area contributed by atoms with E-state index in [1.807, 2.05) is 0 Å². The molecule has 0 unspecified atom stereocenters. The Labute approximate surface area is 122 Å². The van der Waals surface area contributed by atoms with E-state index < -0.39 is 0 Å². The summed E-state index contributed by atoms with van der Waals surface area (Å²) in [7, 11) is 0.